The maximum atomic E-state index is 13.2. The summed E-state index contributed by atoms with van der Waals surface area (Å²) in [7, 11) is 1.27. The number of esters is 1. The van der Waals surface area contributed by atoms with Gasteiger partial charge in [0.25, 0.3) is 5.92 Å². The monoisotopic (exact) mass is 241 g/mol. The summed E-state index contributed by atoms with van der Waals surface area (Å²) in [5.41, 5.74) is 0.436. The molecule has 0 aliphatic heterocycles. The fourth-order valence-corrected chi connectivity index (χ4v) is 1.67. The van der Waals surface area contributed by atoms with Crippen molar-refractivity contribution >= 4 is 5.97 Å². The van der Waals surface area contributed by atoms with Gasteiger partial charge in [0.2, 0.25) is 0 Å². The van der Waals surface area contributed by atoms with Crippen LogP contribution in [0, 0.1) is 0 Å². The Hall–Kier alpha value is -1.52. The summed E-state index contributed by atoms with van der Waals surface area (Å²) in [6.45, 7) is 0.795. The van der Waals surface area contributed by atoms with E-state index in [1.165, 1.54) is 19.2 Å². The van der Waals surface area contributed by atoms with Crippen LogP contribution in [0.15, 0.2) is 12.1 Å². The van der Waals surface area contributed by atoms with Gasteiger partial charge in [-0.15, -0.1) is 0 Å². The molecule has 1 aromatic rings. The normalized spacial score (nSPS) is 15.8. The number of hydrogen-bond donors (Lipinski definition) is 0. The Bertz CT molecular complexity index is 450. The van der Waals surface area contributed by atoms with Gasteiger partial charge in [-0.25, -0.2) is 4.79 Å². The molecule has 5 heteroatoms. The number of pyridine rings is 1. The highest BCUT2D eigenvalue weighted by Crippen LogP contribution is 2.41. The minimum absolute atomic E-state index is 0.117. The zero-order valence-corrected chi connectivity index (χ0v) is 9.67. The summed E-state index contributed by atoms with van der Waals surface area (Å²) in [5, 5.41) is 0. The van der Waals surface area contributed by atoms with Crippen LogP contribution >= 0.6 is 0 Å². The van der Waals surface area contributed by atoms with E-state index >= 15 is 0 Å². The number of halogens is 2. The molecule has 1 saturated carbocycles. The summed E-state index contributed by atoms with van der Waals surface area (Å²) in [6.07, 6.45) is 1.77. The number of carbonyl (C=O) groups is 1. The van der Waals surface area contributed by atoms with Crippen LogP contribution < -0.4 is 0 Å². The van der Waals surface area contributed by atoms with E-state index in [4.69, 9.17) is 0 Å². The van der Waals surface area contributed by atoms with Crippen molar-refractivity contribution in [2.75, 3.05) is 7.11 Å². The van der Waals surface area contributed by atoms with Gasteiger partial charge in [0.05, 0.1) is 18.4 Å². The molecule has 0 aromatic carbocycles. The van der Waals surface area contributed by atoms with Crippen molar-refractivity contribution in [1.82, 2.24) is 4.98 Å². The molecule has 0 N–H and O–H groups in total. The van der Waals surface area contributed by atoms with E-state index in [-0.39, 0.29) is 11.6 Å². The molecule has 1 aliphatic carbocycles. The van der Waals surface area contributed by atoms with Gasteiger partial charge in [0, 0.05) is 12.8 Å². The number of hydrogen-bond acceptors (Lipinski definition) is 3. The lowest BCUT2D eigenvalue weighted by molar-refractivity contribution is 0.0124. The van der Waals surface area contributed by atoms with Crippen LogP contribution in [0.4, 0.5) is 8.78 Å². The van der Waals surface area contributed by atoms with Crippen LogP contribution in [0.5, 0.6) is 0 Å². The molecule has 92 valence electrons. The second kappa shape index (κ2) is 4.05. The van der Waals surface area contributed by atoms with Crippen molar-refractivity contribution in [2.24, 2.45) is 0 Å². The summed E-state index contributed by atoms with van der Waals surface area (Å²) >= 11 is 0. The summed E-state index contributed by atoms with van der Waals surface area (Å²) < 4.78 is 30.9. The number of aromatic nitrogens is 1. The standard InChI is InChI=1S/C12H13F2NO2/c1-12(13,14)9-6-5-8(11(16)17-2)10(15-9)7-3-4-7/h5-7H,3-4H2,1-2H3. The molecule has 0 atom stereocenters. The van der Waals surface area contributed by atoms with Crippen molar-refractivity contribution in [3.05, 3.63) is 29.1 Å². The zero-order valence-electron chi connectivity index (χ0n) is 9.67. The van der Waals surface area contributed by atoms with Gasteiger partial charge in [-0.1, -0.05) is 0 Å². The van der Waals surface area contributed by atoms with Gasteiger partial charge in [0.1, 0.15) is 5.69 Å². The molecular formula is C12H13F2NO2. The molecule has 1 aromatic heterocycles. The number of alkyl halides is 2. The van der Waals surface area contributed by atoms with E-state index in [1.54, 1.807) is 0 Å². The Morgan fingerprint density at radius 2 is 2.12 bits per heavy atom. The molecule has 2 rings (SSSR count). The predicted molar refractivity (Wildman–Crippen MR) is 57.1 cm³/mol. The molecule has 0 saturated heterocycles. The topological polar surface area (TPSA) is 39.2 Å². The first kappa shape index (κ1) is 12.0. The Morgan fingerprint density at radius 1 is 1.47 bits per heavy atom. The van der Waals surface area contributed by atoms with E-state index in [0.717, 1.165) is 19.8 Å². The zero-order chi connectivity index (χ0) is 12.6. The lowest BCUT2D eigenvalue weighted by atomic mass is 10.1. The van der Waals surface area contributed by atoms with Gasteiger partial charge in [-0.3, -0.25) is 4.98 Å². The summed E-state index contributed by atoms with van der Waals surface area (Å²) in [5.74, 6) is -3.39. The molecule has 1 heterocycles. The third kappa shape index (κ3) is 2.43. The average Bonchev–Trinajstić information content (AvgIpc) is 3.10. The van der Waals surface area contributed by atoms with E-state index < -0.39 is 11.9 Å². The van der Waals surface area contributed by atoms with Gasteiger partial charge in [-0.2, -0.15) is 8.78 Å². The Balaban J connectivity index is 2.45. The summed E-state index contributed by atoms with van der Waals surface area (Å²) in [6, 6.07) is 2.55. The van der Waals surface area contributed by atoms with Crippen molar-refractivity contribution in [3.63, 3.8) is 0 Å². The van der Waals surface area contributed by atoms with Crippen LogP contribution in [0.3, 0.4) is 0 Å². The molecule has 0 spiro atoms. The van der Waals surface area contributed by atoms with E-state index in [9.17, 15) is 13.6 Å². The van der Waals surface area contributed by atoms with Crippen molar-refractivity contribution in [2.45, 2.75) is 31.6 Å². The third-order valence-electron chi connectivity index (χ3n) is 2.74. The lowest BCUT2D eigenvalue weighted by Crippen LogP contribution is -2.14. The fraction of sp³-hybridized carbons (Fsp3) is 0.500. The first-order chi connectivity index (χ1) is 7.93. The van der Waals surface area contributed by atoms with Crippen LogP contribution in [0.2, 0.25) is 0 Å². The number of methoxy groups -OCH3 is 1. The maximum absolute atomic E-state index is 13.2. The Kier molecular flexibility index (Phi) is 2.85. The first-order valence-corrected chi connectivity index (χ1v) is 5.41. The van der Waals surface area contributed by atoms with Crippen LogP contribution in [0.1, 0.15) is 47.4 Å². The largest absolute Gasteiger partial charge is 0.465 e. The highest BCUT2D eigenvalue weighted by Gasteiger charge is 2.33. The van der Waals surface area contributed by atoms with Gasteiger partial charge in [-0.05, 0) is 25.0 Å². The SMILES string of the molecule is COC(=O)c1ccc(C(C)(F)F)nc1C1CC1. The molecule has 0 radical (unpaired) electrons. The highest BCUT2D eigenvalue weighted by atomic mass is 19.3. The maximum Gasteiger partial charge on any atom is 0.339 e. The molecule has 1 fully saturated rings. The first-order valence-electron chi connectivity index (χ1n) is 5.41. The molecule has 0 bridgehead atoms. The lowest BCUT2D eigenvalue weighted by Gasteiger charge is -2.13. The van der Waals surface area contributed by atoms with E-state index in [2.05, 4.69) is 9.72 Å². The van der Waals surface area contributed by atoms with Crippen LogP contribution in [-0.2, 0) is 10.7 Å². The molecule has 1 aliphatic rings. The summed E-state index contributed by atoms with van der Waals surface area (Å²) in [4.78, 5) is 15.4. The minimum atomic E-state index is -2.99. The predicted octanol–water partition coefficient (Wildman–Crippen LogP) is 2.86. The molecule has 0 unspecified atom stereocenters. The van der Waals surface area contributed by atoms with Gasteiger partial charge in [0.15, 0.2) is 0 Å². The van der Waals surface area contributed by atoms with Gasteiger partial charge < -0.3 is 4.74 Å². The number of nitrogens with zero attached hydrogens (tertiary/aromatic N) is 1. The number of ether oxygens (including phenoxy) is 1. The highest BCUT2D eigenvalue weighted by molar-refractivity contribution is 5.90. The molecule has 17 heavy (non-hydrogen) atoms. The third-order valence-corrected chi connectivity index (χ3v) is 2.74. The number of rotatable bonds is 3. The van der Waals surface area contributed by atoms with Crippen LogP contribution in [0.25, 0.3) is 0 Å². The fourth-order valence-electron chi connectivity index (χ4n) is 1.67. The molecule has 0 amide bonds. The minimum Gasteiger partial charge on any atom is -0.465 e. The van der Waals surface area contributed by atoms with Crippen molar-refractivity contribution in [3.8, 4) is 0 Å². The Morgan fingerprint density at radius 3 is 2.59 bits per heavy atom. The van der Waals surface area contributed by atoms with Crippen molar-refractivity contribution in [1.29, 1.82) is 0 Å². The smallest absolute Gasteiger partial charge is 0.339 e. The van der Waals surface area contributed by atoms with Crippen LogP contribution in [-0.4, -0.2) is 18.1 Å². The Labute approximate surface area is 97.8 Å². The van der Waals surface area contributed by atoms with Crippen molar-refractivity contribution < 1.29 is 18.3 Å². The quantitative estimate of drug-likeness (QED) is 0.764. The number of carbonyl (C=O) groups excluding carboxylic acids is 1. The van der Waals surface area contributed by atoms with E-state index in [1.807, 2.05) is 0 Å². The molecule has 3 nitrogen and oxygen atoms in total. The molecular weight excluding hydrogens is 228 g/mol. The second-order valence-corrected chi connectivity index (χ2v) is 4.28. The van der Waals surface area contributed by atoms with E-state index in [0.29, 0.717) is 11.3 Å². The average molecular weight is 241 g/mol. The van der Waals surface area contributed by atoms with Gasteiger partial charge >= 0.3 is 5.97 Å². The second-order valence-electron chi connectivity index (χ2n) is 4.28.